The smallest absolute Gasteiger partial charge is 0.161 e. The van der Waals surface area contributed by atoms with E-state index < -0.39 is 0 Å². The maximum atomic E-state index is 5.57. The number of nitrogens with two attached hydrogens (primary N) is 1. The molecular weight excluding hydrogens is 274 g/mol. The third-order valence-electron chi connectivity index (χ3n) is 3.62. The molecule has 0 fully saturated rings. The summed E-state index contributed by atoms with van der Waals surface area (Å²) in [4.78, 5) is 0. The van der Waals surface area contributed by atoms with E-state index >= 15 is 0 Å². The van der Waals surface area contributed by atoms with Crippen molar-refractivity contribution < 1.29 is 14.8 Å². The van der Waals surface area contributed by atoms with Gasteiger partial charge < -0.3 is 14.8 Å². The Kier molecular flexibility index (Phi) is 6.04. The van der Waals surface area contributed by atoms with Crippen LogP contribution in [0, 0.1) is 0 Å². The molecule has 0 aromatic heterocycles. The average molecular weight is 298 g/mol. The summed E-state index contributed by atoms with van der Waals surface area (Å²) >= 11 is 0. The highest BCUT2D eigenvalue weighted by Gasteiger charge is 2.10. The van der Waals surface area contributed by atoms with Crippen LogP contribution in [0.4, 0.5) is 0 Å². The van der Waals surface area contributed by atoms with Crippen LogP contribution in [-0.4, -0.2) is 13.7 Å². The van der Waals surface area contributed by atoms with Gasteiger partial charge in [-0.1, -0.05) is 43.0 Å². The minimum absolute atomic E-state index is 0.420. The fourth-order valence-electron chi connectivity index (χ4n) is 2.31. The van der Waals surface area contributed by atoms with E-state index in [1.807, 2.05) is 18.2 Å². The molecule has 0 aliphatic heterocycles. The lowest BCUT2D eigenvalue weighted by molar-refractivity contribution is -0.707. The van der Waals surface area contributed by atoms with Gasteiger partial charge in [-0.05, 0) is 25.1 Å². The lowest BCUT2D eigenvalue weighted by Gasteiger charge is -2.13. The summed E-state index contributed by atoms with van der Waals surface area (Å²) in [6, 6.07) is 17.0. The number of ether oxygens (including phenoxy) is 2. The minimum atomic E-state index is 0.420. The predicted molar refractivity (Wildman–Crippen MR) is 89.2 cm³/mol. The van der Waals surface area contributed by atoms with E-state index in [1.54, 1.807) is 13.2 Å². The summed E-state index contributed by atoms with van der Waals surface area (Å²) in [6.45, 7) is 7.25. The van der Waals surface area contributed by atoms with Crippen LogP contribution in [-0.2, 0) is 6.54 Å². The second-order valence-electron chi connectivity index (χ2n) is 5.22. The number of rotatable bonds is 8. The van der Waals surface area contributed by atoms with Crippen molar-refractivity contribution in [2.75, 3.05) is 13.7 Å². The van der Waals surface area contributed by atoms with Gasteiger partial charge in [0.15, 0.2) is 11.5 Å². The largest absolute Gasteiger partial charge is 0.493 e. The molecule has 0 unspecified atom stereocenters. The van der Waals surface area contributed by atoms with Gasteiger partial charge in [0.2, 0.25) is 0 Å². The maximum Gasteiger partial charge on any atom is 0.161 e. The molecule has 2 aromatic carbocycles. The van der Waals surface area contributed by atoms with Crippen molar-refractivity contribution in [2.24, 2.45) is 0 Å². The first kappa shape index (κ1) is 16.1. The topological polar surface area (TPSA) is 35.1 Å². The molecule has 3 heteroatoms. The molecule has 0 spiro atoms. The summed E-state index contributed by atoms with van der Waals surface area (Å²) in [5.41, 5.74) is 2.55. The van der Waals surface area contributed by atoms with Crippen molar-refractivity contribution >= 4 is 0 Å². The summed E-state index contributed by atoms with van der Waals surface area (Å²) in [6.07, 6.45) is 1.72. The van der Waals surface area contributed by atoms with Crippen molar-refractivity contribution in [3.63, 3.8) is 0 Å². The van der Waals surface area contributed by atoms with E-state index in [0.29, 0.717) is 12.6 Å². The molecule has 0 heterocycles. The van der Waals surface area contributed by atoms with Crippen molar-refractivity contribution in [2.45, 2.75) is 19.5 Å². The highest BCUT2D eigenvalue weighted by molar-refractivity contribution is 5.42. The Morgan fingerprint density at radius 3 is 2.59 bits per heavy atom. The summed E-state index contributed by atoms with van der Waals surface area (Å²) < 4.78 is 11.0. The molecule has 116 valence electrons. The molecular formula is C19H24NO2+. The molecule has 0 radical (unpaired) electrons. The van der Waals surface area contributed by atoms with Crippen LogP contribution < -0.4 is 14.8 Å². The molecule has 0 saturated heterocycles. The minimum Gasteiger partial charge on any atom is -0.493 e. The second-order valence-corrected chi connectivity index (χ2v) is 5.22. The van der Waals surface area contributed by atoms with Gasteiger partial charge >= 0.3 is 0 Å². The summed E-state index contributed by atoms with van der Waals surface area (Å²) in [5.74, 6) is 1.52. The Balaban J connectivity index is 1.99. The van der Waals surface area contributed by atoms with Crippen molar-refractivity contribution in [1.82, 2.24) is 0 Å². The maximum absolute atomic E-state index is 5.57. The molecule has 22 heavy (non-hydrogen) atoms. The number of quaternary nitrogens is 1. The third-order valence-corrected chi connectivity index (χ3v) is 3.62. The monoisotopic (exact) mass is 298 g/mol. The average Bonchev–Trinajstić information content (AvgIpc) is 2.58. The van der Waals surface area contributed by atoms with Gasteiger partial charge in [0.1, 0.15) is 19.2 Å². The Labute approximate surface area is 132 Å². The second kappa shape index (κ2) is 8.25. The standard InChI is InChI=1S/C19H23NO2/c1-4-12-22-18-11-10-16(13-19(18)21-3)14-20-15(2)17-8-6-5-7-9-17/h4-11,13,15,20H,1,12,14H2,2-3H3/p+1/t15-/m0/s1. The van der Waals surface area contributed by atoms with E-state index in [0.717, 1.165) is 18.0 Å². The molecule has 0 aliphatic carbocycles. The summed E-state index contributed by atoms with van der Waals surface area (Å²) in [7, 11) is 1.66. The van der Waals surface area contributed by atoms with Crippen LogP contribution in [0.15, 0.2) is 61.2 Å². The Morgan fingerprint density at radius 2 is 1.91 bits per heavy atom. The normalized spacial score (nSPS) is 11.7. The summed E-state index contributed by atoms with van der Waals surface area (Å²) in [5, 5.41) is 2.31. The van der Waals surface area contributed by atoms with Gasteiger partial charge in [-0.2, -0.15) is 0 Å². The molecule has 0 aliphatic rings. The fourth-order valence-corrected chi connectivity index (χ4v) is 2.31. The first-order chi connectivity index (χ1) is 10.7. The molecule has 2 rings (SSSR count). The zero-order valence-electron chi connectivity index (χ0n) is 13.3. The van der Waals surface area contributed by atoms with Crippen LogP contribution in [0.3, 0.4) is 0 Å². The highest BCUT2D eigenvalue weighted by Crippen LogP contribution is 2.27. The highest BCUT2D eigenvalue weighted by atomic mass is 16.5. The number of benzene rings is 2. The fraction of sp³-hybridized carbons (Fsp3) is 0.263. The third kappa shape index (κ3) is 4.37. The van der Waals surface area contributed by atoms with Crippen molar-refractivity contribution in [1.29, 1.82) is 0 Å². The molecule has 0 amide bonds. The Hall–Kier alpha value is -2.26. The number of hydrogen-bond donors (Lipinski definition) is 1. The lowest BCUT2D eigenvalue weighted by Crippen LogP contribution is -2.83. The van der Waals surface area contributed by atoms with Gasteiger partial charge in [0, 0.05) is 11.1 Å². The van der Waals surface area contributed by atoms with Crippen LogP contribution in [0.5, 0.6) is 11.5 Å². The van der Waals surface area contributed by atoms with E-state index in [2.05, 4.69) is 49.2 Å². The van der Waals surface area contributed by atoms with Crippen LogP contribution in [0.2, 0.25) is 0 Å². The van der Waals surface area contributed by atoms with Gasteiger partial charge in [-0.25, -0.2) is 0 Å². The van der Waals surface area contributed by atoms with Gasteiger partial charge in [-0.3, -0.25) is 0 Å². The van der Waals surface area contributed by atoms with Crippen LogP contribution in [0.1, 0.15) is 24.1 Å². The molecule has 1 atom stereocenters. The molecule has 2 aromatic rings. The Bertz CT molecular complexity index is 596. The van der Waals surface area contributed by atoms with E-state index in [1.165, 1.54) is 11.1 Å². The molecule has 0 saturated carbocycles. The van der Waals surface area contributed by atoms with E-state index in [9.17, 15) is 0 Å². The first-order valence-corrected chi connectivity index (χ1v) is 7.53. The quantitative estimate of drug-likeness (QED) is 0.760. The number of methoxy groups -OCH3 is 1. The van der Waals surface area contributed by atoms with E-state index in [-0.39, 0.29) is 0 Å². The molecule has 0 bridgehead atoms. The molecule has 3 nitrogen and oxygen atoms in total. The zero-order valence-corrected chi connectivity index (χ0v) is 13.3. The predicted octanol–water partition coefficient (Wildman–Crippen LogP) is 3.08. The van der Waals surface area contributed by atoms with Gasteiger partial charge in [0.05, 0.1) is 7.11 Å². The van der Waals surface area contributed by atoms with E-state index in [4.69, 9.17) is 9.47 Å². The van der Waals surface area contributed by atoms with Crippen LogP contribution in [0.25, 0.3) is 0 Å². The zero-order chi connectivity index (χ0) is 15.8. The Morgan fingerprint density at radius 1 is 1.14 bits per heavy atom. The number of hydrogen-bond acceptors (Lipinski definition) is 2. The lowest BCUT2D eigenvalue weighted by atomic mass is 10.1. The van der Waals surface area contributed by atoms with Gasteiger partial charge in [0.25, 0.3) is 0 Å². The molecule has 2 N–H and O–H groups in total. The first-order valence-electron chi connectivity index (χ1n) is 7.53. The van der Waals surface area contributed by atoms with Crippen molar-refractivity contribution in [3.8, 4) is 11.5 Å². The van der Waals surface area contributed by atoms with Crippen LogP contribution >= 0.6 is 0 Å². The SMILES string of the molecule is C=CCOc1ccc(C[NH2+][C@@H](C)c2ccccc2)cc1OC. The van der Waals surface area contributed by atoms with Gasteiger partial charge in [-0.15, -0.1) is 0 Å². The van der Waals surface area contributed by atoms with Crippen molar-refractivity contribution in [3.05, 3.63) is 72.3 Å².